The van der Waals surface area contributed by atoms with E-state index in [-0.39, 0.29) is 23.6 Å². The number of hydrogen-bond acceptors (Lipinski definition) is 4. The first-order chi connectivity index (χ1) is 9.11. The number of carbonyl (C=O) groups is 2. The Labute approximate surface area is 120 Å². The van der Waals surface area contributed by atoms with E-state index in [2.05, 4.69) is 15.9 Å². The Morgan fingerprint density at radius 2 is 2.32 bits per heavy atom. The van der Waals surface area contributed by atoms with Crippen molar-refractivity contribution in [3.05, 3.63) is 22.6 Å². The van der Waals surface area contributed by atoms with Gasteiger partial charge in [-0.15, -0.1) is 0 Å². The first-order valence-electron chi connectivity index (χ1n) is 6.33. The minimum Gasteiger partial charge on any atom is -0.466 e. The monoisotopic (exact) mass is 329 g/mol. The molecule has 1 aromatic rings. The Bertz CT molecular complexity index is 471. The normalized spacial score (nSPS) is 19.3. The molecule has 1 aromatic heterocycles. The number of halogens is 1. The molecule has 0 saturated carbocycles. The van der Waals surface area contributed by atoms with E-state index in [0.29, 0.717) is 24.4 Å². The van der Waals surface area contributed by atoms with E-state index >= 15 is 0 Å². The number of rotatable bonds is 3. The summed E-state index contributed by atoms with van der Waals surface area (Å²) in [4.78, 5) is 25.6. The maximum Gasteiger partial charge on any atom is 0.310 e. The fourth-order valence-electron chi connectivity index (χ4n) is 2.20. The second-order valence-electron chi connectivity index (χ2n) is 4.45. The van der Waals surface area contributed by atoms with Crippen LogP contribution in [0.2, 0.25) is 0 Å². The van der Waals surface area contributed by atoms with Crippen LogP contribution in [0.5, 0.6) is 0 Å². The van der Waals surface area contributed by atoms with Gasteiger partial charge in [-0.25, -0.2) is 0 Å². The van der Waals surface area contributed by atoms with Crippen molar-refractivity contribution in [3.8, 4) is 0 Å². The first-order valence-corrected chi connectivity index (χ1v) is 7.12. The standard InChI is InChI=1S/C13H16BrNO4/c1-2-18-13(17)9-4-3-7-15(8-9)12(16)10-5-6-11(14)19-10/h5-6,9H,2-4,7-8H2,1H3/t9-/m0/s1. The minimum atomic E-state index is -0.226. The molecule has 19 heavy (non-hydrogen) atoms. The van der Waals surface area contributed by atoms with Crippen molar-refractivity contribution in [1.29, 1.82) is 0 Å². The Hall–Kier alpha value is -1.30. The van der Waals surface area contributed by atoms with Crippen LogP contribution >= 0.6 is 15.9 Å². The fourth-order valence-corrected chi connectivity index (χ4v) is 2.51. The highest BCUT2D eigenvalue weighted by atomic mass is 79.9. The van der Waals surface area contributed by atoms with Crippen LogP contribution in [0.4, 0.5) is 0 Å². The van der Waals surface area contributed by atoms with Gasteiger partial charge in [0.25, 0.3) is 5.91 Å². The van der Waals surface area contributed by atoms with Gasteiger partial charge >= 0.3 is 5.97 Å². The number of furan rings is 1. The molecule has 104 valence electrons. The minimum absolute atomic E-state index is 0.181. The summed E-state index contributed by atoms with van der Waals surface area (Å²) in [6.07, 6.45) is 1.57. The molecular formula is C13H16BrNO4. The summed E-state index contributed by atoms with van der Waals surface area (Å²) in [7, 11) is 0. The van der Waals surface area contributed by atoms with Crippen molar-refractivity contribution in [1.82, 2.24) is 4.90 Å². The zero-order chi connectivity index (χ0) is 13.8. The lowest BCUT2D eigenvalue weighted by atomic mass is 9.98. The summed E-state index contributed by atoms with van der Waals surface area (Å²) < 4.78 is 10.8. The molecule has 0 spiro atoms. The van der Waals surface area contributed by atoms with Gasteiger partial charge in [-0.05, 0) is 47.8 Å². The third-order valence-corrected chi connectivity index (χ3v) is 3.54. The molecule has 0 N–H and O–H groups in total. The maximum absolute atomic E-state index is 12.2. The Morgan fingerprint density at radius 3 is 2.95 bits per heavy atom. The third-order valence-electron chi connectivity index (χ3n) is 3.11. The molecule has 1 fully saturated rings. The second kappa shape index (κ2) is 6.23. The zero-order valence-electron chi connectivity index (χ0n) is 10.7. The van der Waals surface area contributed by atoms with E-state index < -0.39 is 0 Å². The van der Waals surface area contributed by atoms with Gasteiger partial charge in [0.2, 0.25) is 0 Å². The van der Waals surface area contributed by atoms with Crippen molar-refractivity contribution in [3.63, 3.8) is 0 Å². The second-order valence-corrected chi connectivity index (χ2v) is 5.23. The number of nitrogens with zero attached hydrogens (tertiary/aromatic N) is 1. The molecule has 1 aliphatic rings. The molecule has 6 heteroatoms. The lowest BCUT2D eigenvalue weighted by Gasteiger charge is -2.30. The Kier molecular flexibility index (Phi) is 4.63. The van der Waals surface area contributed by atoms with Crippen LogP contribution in [0.3, 0.4) is 0 Å². The first kappa shape index (κ1) is 14.1. The van der Waals surface area contributed by atoms with E-state index in [9.17, 15) is 9.59 Å². The van der Waals surface area contributed by atoms with Crippen molar-refractivity contribution in [2.45, 2.75) is 19.8 Å². The number of esters is 1. The van der Waals surface area contributed by atoms with Gasteiger partial charge in [0.15, 0.2) is 10.4 Å². The van der Waals surface area contributed by atoms with E-state index in [4.69, 9.17) is 9.15 Å². The highest BCUT2D eigenvalue weighted by Crippen LogP contribution is 2.21. The van der Waals surface area contributed by atoms with Crippen LogP contribution < -0.4 is 0 Å². The van der Waals surface area contributed by atoms with E-state index in [1.165, 1.54) is 0 Å². The van der Waals surface area contributed by atoms with Gasteiger partial charge in [0.05, 0.1) is 12.5 Å². The van der Waals surface area contributed by atoms with Crippen LogP contribution in [-0.2, 0) is 9.53 Å². The lowest BCUT2D eigenvalue weighted by Crippen LogP contribution is -2.42. The molecule has 2 rings (SSSR count). The number of amides is 1. The van der Waals surface area contributed by atoms with Crippen LogP contribution in [0.25, 0.3) is 0 Å². The largest absolute Gasteiger partial charge is 0.466 e. The highest BCUT2D eigenvalue weighted by molar-refractivity contribution is 9.10. The van der Waals surface area contributed by atoms with Gasteiger partial charge in [-0.1, -0.05) is 0 Å². The van der Waals surface area contributed by atoms with Crippen LogP contribution in [0.1, 0.15) is 30.3 Å². The number of likely N-dealkylation sites (tertiary alicyclic amines) is 1. The van der Waals surface area contributed by atoms with Crippen LogP contribution in [0.15, 0.2) is 21.2 Å². The lowest BCUT2D eigenvalue weighted by molar-refractivity contribution is -0.149. The third kappa shape index (κ3) is 3.37. The quantitative estimate of drug-likeness (QED) is 0.799. The molecule has 1 aliphatic heterocycles. The molecule has 1 atom stereocenters. The summed E-state index contributed by atoms with van der Waals surface area (Å²) in [5, 5.41) is 0. The Balaban J connectivity index is 2.01. The average molecular weight is 330 g/mol. The molecule has 0 unspecified atom stereocenters. The SMILES string of the molecule is CCOC(=O)[C@H]1CCCN(C(=O)c2ccc(Br)o2)C1. The topological polar surface area (TPSA) is 59.8 Å². The van der Waals surface area contributed by atoms with Crippen LogP contribution in [-0.4, -0.2) is 36.5 Å². The summed E-state index contributed by atoms with van der Waals surface area (Å²) in [6, 6.07) is 3.31. The fraction of sp³-hybridized carbons (Fsp3) is 0.538. The number of piperidine rings is 1. The smallest absolute Gasteiger partial charge is 0.310 e. The summed E-state index contributed by atoms with van der Waals surface area (Å²) >= 11 is 3.17. The van der Waals surface area contributed by atoms with Crippen molar-refractivity contribution < 1.29 is 18.7 Å². The van der Waals surface area contributed by atoms with Crippen molar-refractivity contribution >= 4 is 27.8 Å². The van der Waals surface area contributed by atoms with Crippen molar-refractivity contribution in [2.75, 3.05) is 19.7 Å². The molecule has 0 aromatic carbocycles. The van der Waals surface area contributed by atoms with Crippen molar-refractivity contribution in [2.24, 2.45) is 5.92 Å². The van der Waals surface area contributed by atoms with E-state index in [1.54, 1.807) is 24.0 Å². The van der Waals surface area contributed by atoms with Gasteiger partial charge in [0, 0.05) is 13.1 Å². The molecule has 0 bridgehead atoms. The number of hydrogen-bond donors (Lipinski definition) is 0. The van der Waals surface area contributed by atoms with Gasteiger partial charge in [0.1, 0.15) is 0 Å². The Morgan fingerprint density at radius 1 is 1.53 bits per heavy atom. The van der Waals surface area contributed by atoms with Crippen LogP contribution in [0, 0.1) is 5.92 Å². The van der Waals surface area contributed by atoms with Gasteiger partial charge in [-0.3, -0.25) is 9.59 Å². The van der Waals surface area contributed by atoms with E-state index in [1.807, 2.05) is 0 Å². The van der Waals surface area contributed by atoms with Gasteiger partial charge < -0.3 is 14.1 Å². The predicted octanol–water partition coefficient (Wildman–Crippen LogP) is 2.46. The molecule has 0 radical (unpaired) electrons. The molecule has 1 saturated heterocycles. The molecule has 2 heterocycles. The predicted molar refractivity (Wildman–Crippen MR) is 71.7 cm³/mol. The highest BCUT2D eigenvalue weighted by Gasteiger charge is 2.30. The summed E-state index contributed by atoms with van der Waals surface area (Å²) in [5.41, 5.74) is 0. The summed E-state index contributed by atoms with van der Waals surface area (Å²) in [6.45, 7) is 3.20. The molecule has 5 nitrogen and oxygen atoms in total. The molecule has 0 aliphatic carbocycles. The maximum atomic E-state index is 12.2. The van der Waals surface area contributed by atoms with E-state index in [0.717, 1.165) is 12.8 Å². The average Bonchev–Trinajstić information content (AvgIpc) is 2.85. The number of carbonyl (C=O) groups excluding carboxylic acids is 2. The zero-order valence-corrected chi connectivity index (χ0v) is 12.3. The molecule has 1 amide bonds. The molecular weight excluding hydrogens is 314 g/mol. The van der Waals surface area contributed by atoms with Gasteiger partial charge in [-0.2, -0.15) is 0 Å². The summed E-state index contributed by atoms with van der Waals surface area (Å²) in [5.74, 6) is -0.340. The number of ether oxygens (including phenoxy) is 1.